The Morgan fingerprint density at radius 2 is 1.68 bits per heavy atom. The summed E-state index contributed by atoms with van der Waals surface area (Å²) in [5.74, 6) is 3.12. The SMILES string of the molecule is C[C@]12CC[C@H](OC=O)C[C@@H]1CC[C@@H]1[C@@H]2CC[C@]2(C)[C@@H](NC=O)CC[C@@H]12. The van der Waals surface area contributed by atoms with Crippen molar-refractivity contribution in [2.24, 2.45) is 34.5 Å². The summed E-state index contributed by atoms with van der Waals surface area (Å²) < 4.78 is 5.32. The lowest BCUT2D eigenvalue weighted by molar-refractivity contribution is -0.149. The third-order valence-electron chi connectivity index (χ3n) is 9.13. The molecule has 0 saturated heterocycles. The summed E-state index contributed by atoms with van der Waals surface area (Å²) in [6.07, 6.45) is 12.0. The van der Waals surface area contributed by atoms with Crippen molar-refractivity contribution in [1.29, 1.82) is 0 Å². The van der Waals surface area contributed by atoms with Gasteiger partial charge in [-0.15, -0.1) is 0 Å². The number of nitrogens with one attached hydrogen (secondary N) is 1. The molecule has 1 amide bonds. The van der Waals surface area contributed by atoms with Gasteiger partial charge < -0.3 is 10.1 Å². The number of carbonyl (C=O) groups is 2. The predicted octanol–water partition coefficient (Wildman–Crippen LogP) is 3.69. The quantitative estimate of drug-likeness (QED) is 0.789. The van der Waals surface area contributed by atoms with Crippen molar-refractivity contribution < 1.29 is 14.3 Å². The Morgan fingerprint density at radius 3 is 2.44 bits per heavy atom. The topological polar surface area (TPSA) is 55.4 Å². The fraction of sp³-hybridized carbons (Fsp3) is 0.905. The summed E-state index contributed by atoms with van der Waals surface area (Å²) in [7, 11) is 0. The number of fused-ring (bicyclic) bond motifs is 5. The lowest BCUT2D eigenvalue weighted by Gasteiger charge is -2.61. The van der Waals surface area contributed by atoms with E-state index in [2.05, 4.69) is 19.2 Å². The molecule has 0 radical (unpaired) electrons. The first-order chi connectivity index (χ1) is 12.0. The van der Waals surface area contributed by atoms with Gasteiger partial charge in [0.25, 0.3) is 6.47 Å². The van der Waals surface area contributed by atoms with E-state index in [1.165, 1.54) is 38.5 Å². The van der Waals surface area contributed by atoms with Crippen molar-refractivity contribution in [3.63, 3.8) is 0 Å². The molecule has 0 unspecified atom stereocenters. The van der Waals surface area contributed by atoms with Crippen LogP contribution in [0.25, 0.3) is 0 Å². The average Bonchev–Trinajstić information content (AvgIpc) is 2.93. The molecule has 0 spiro atoms. The van der Waals surface area contributed by atoms with Gasteiger partial charge >= 0.3 is 0 Å². The molecule has 8 atom stereocenters. The molecule has 0 heterocycles. The molecule has 0 bridgehead atoms. The predicted molar refractivity (Wildman–Crippen MR) is 95.7 cm³/mol. The molecule has 4 saturated carbocycles. The zero-order valence-corrected chi connectivity index (χ0v) is 15.7. The molecule has 0 aromatic heterocycles. The minimum atomic E-state index is 0.147. The molecular weight excluding hydrogens is 314 g/mol. The minimum Gasteiger partial charge on any atom is -0.465 e. The van der Waals surface area contributed by atoms with Crippen LogP contribution in [-0.2, 0) is 14.3 Å². The third-order valence-corrected chi connectivity index (χ3v) is 9.13. The van der Waals surface area contributed by atoms with Gasteiger partial charge in [-0.1, -0.05) is 13.8 Å². The van der Waals surface area contributed by atoms with Gasteiger partial charge in [-0.25, -0.2) is 0 Å². The highest BCUT2D eigenvalue weighted by atomic mass is 16.5. The highest BCUT2D eigenvalue weighted by Crippen LogP contribution is 2.66. The Morgan fingerprint density at radius 1 is 0.920 bits per heavy atom. The highest BCUT2D eigenvalue weighted by Gasteiger charge is 2.60. The Kier molecular flexibility index (Phi) is 4.36. The maximum Gasteiger partial charge on any atom is 0.293 e. The van der Waals surface area contributed by atoms with Gasteiger partial charge in [0.2, 0.25) is 6.41 Å². The van der Waals surface area contributed by atoms with E-state index in [1.807, 2.05) is 0 Å². The second-order valence-corrected chi connectivity index (χ2v) is 9.74. The molecular formula is C21H33NO3. The summed E-state index contributed by atoms with van der Waals surface area (Å²) in [6.45, 7) is 5.61. The van der Waals surface area contributed by atoms with Crippen LogP contribution in [0.5, 0.6) is 0 Å². The Hall–Kier alpha value is -1.06. The van der Waals surface area contributed by atoms with Gasteiger partial charge in [-0.3, -0.25) is 9.59 Å². The largest absolute Gasteiger partial charge is 0.465 e. The lowest BCUT2D eigenvalue weighted by atomic mass is 9.45. The lowest BCUT2D eigenvalue weighted by Crippen LogP contribution is -2.55. The van der Waals surface area contributed by atoms with Gasteiger partial charge in [0.15, 0.2) is 0 Å². The summed E-state index contributed by atoms with van der Waals surface area (Å²) in [5, 5.41) is 3.14. The molecule has 4 heteroatoms. The molecule has 4 rings (SSSR count). The van der Waals surface area contributed by atoms with E-state index in [0.29, 0.717) is 29.3 Å². The Bertz CT molecular complexity index is 537. The zero-order chi connectivity index (χ0) is 17.7. The zero-order valence-electron chi connectivity index (χ0n) is 15.7. The number of amides is 1. The van der Waals surface area contributed by atoms with Crippen LogP contribution < -0.4 is 5.32 Å². The second-order valence-electron chi connectivity index (χ2n) is 9.74. The van der Waals surface area contributed by atoms with E-state index in [-0.39, 0.29) is 6.10 Å². The molecule has 4 fully saturated rings. The van der Waals surface area contributed by atoms with Crippen molar-refractivity contribution in [1.82, 2.24) is 5.32 Å². The Labute approximate surface area is 151 Å². The normalized spacial score (nSPS) is 51.6. The van der Waals surface area contributed by atoms with Crippen LogP contribution in [0.15, 0.2) is 0 Å². The highest BCUT2D eigenvalue weighted by molar-refractivity contribution is 5.47. The standard InChI is InChI=1S/C21H33NO3/c1-20-9-7-15(25-13-24)11-14(20)3-4-16-17-5-6-19(22-12-23)21(17,2)10-8-18(16)20/h12-19H,3-11H2,1-2H3,(H,22,23)/t14-,15-,16-,17-,18-,19-,20-,21-/m0/s1. The van der Waals surface area contributed by atoms with Crippen molar-refractivity contribution in [2.45, 2.75) is 83.8 Å². The van der Waals surface area contributed by atoms with Crippen LogP contribution in [0.3, 0.4) is 0 Å². The smallest absolute Gasteiger partial charge is 0.293 e. The second kappa shape index (κ2) is 6.28. The number of carbonyl (C=O) groups excluding carboxylic acids is 2. The van der Waals surface area contributed by atoms with Gasteiger partial charge in [0, 0.05) is 6.04 Å². The maximum atomic E-state index is 11.0. The van der Waals surface area contributed by atoms with Crippen LogP contribution in [0.1, 0.15) is 71.6 Å². The van der Waals surface area contributed by atoms with Crippen LogP contribution in [-0.4, -0.2) is 25.0 Å². The van der Waals surface area contributed by atoms with Crippen LogP contribution in [0, 0.1) is 34.5 Å². The van der Waals surface area contributed by atoms with Crippen LogP contribution in [0.2, 0.25) is 0 Å². The summed E-state index contributed by atoms with van der Waals surface area (Å²) in [6, 6.07) is 0.373. The van der Waals surface area contributed by atoms with E-state index in [1.54, 1.807) is 0 Å². The van der Waals surface area contributed by atoms with E-state index in [9.17, 15) is 9.59 Å². The van der Waals surface area contributed by atoms with Gasteiger partial charge in [0.05, 0.1) is 0 Å². The number of rotatable bonds is 4. The monoisotopic (exact) mass is 347 g/mol. The molecule has 4 nitrogen and oxygen atoms in total. The van der Waals surface area contributed by atoms with Crippen LogP contribution >= 0.6 is 0 Å². The van der Waals surface area contributed by atoms with Gasteiger partial charge in [-0.05, 0) is 92.3 Å². The molecule has 0 aromatic rings. The van der Waals surface area contributed by atoms with Gasteiger partial charge in [-0.2, -0.15) is 0 Å². The first-order valence-corrected chi connectivity index (χ1v) is 10.3. The molecule has 140 valence electrons. The molecule has 1 N–H and O–H groups in total. The molecule has 25 heavy (non-hydrogen) atoms. The third kappa shape index (κ3) is 2.54. The fourth-order valence-corrected chi connectivity index (χ4v) is 7.78. The van der Waals surface area contributed by atoms with Crippen molar-refractivity contribution in [3.8, 4) is 0 Å². The van der Waals surface area contributed by atoms with E-state index < -0.39 is 0 Å². The summed E-state index contributed by atoms with van der Waals surface area (Å²) >= 11 is 0. The number of hydrogen-bond acceptors (Lipinski definition) is 3. The molecule has 4 aliphatic carbocycles. The van der Waals surface area contributed by atoms with Crippen LogP contribution in [0.4, 0.5) is 0 Å². The fourth-order valence-electron chi connectivity index (χ4n) is 7.78. The van der Waals surface area contributed by atoms with Gasteiger partial charge in [0.1, 0.15) is 6.10 Å². The van der Waals surface area contributed by atoms with Crippen molar-refractivity contribution >= 4 is 12.9 Å². The molecule has 0 aliphatic heterocycles. The maximum absolute atomic E-state index is 11.0. The first kappa shape index (κ1) is 17.4. The average molecular weight is 347 g/mol. The van der Waals surface area contributed by atoms with E-state index >= 15 is 0 Å². The summed E-state index contributed by atoms with van der Waals surface area (Å²) in [5.41, 5.74) is 0.715. The van der Waals surface area contributed by atoms with E-state index in [4.69, 9.17) is 4.74 Å². The Balaban J connectivity index is 1.54. The number of ether oxygens (including phenoxy) is 1. The minimum absolute atomic E-state index is 0.147. The molecule has 0 aromatic carbocycles. The number of hydrogen-bond donors (Lipinski definition) is 1. The van der Waals surface area contributed by atoms with E-state index in [0.717, 1.165) is 43.4 Å². The summed E-state index contributed by atoms with van der Waals surface area (Å²) in [4.78, 5) is 21.8. The van der Waals surface area contributed by atoms with Crippen molar-refractivity contribution in [3.05, 3.63) is 0 Å². The van der Waals surface area contributed by atoms with Crippen molar-refractivity contribution in [2.75, 3.05) is 0 Å². The first-order valence-electron chi connectivity index (χ1n) is 10.3. The molecule has 4 aliphatic rings.